The second kappa shape index (κ2) is 8.07. The van der Waals surface area contributed by atoms with Gasteiger partial charge in [0, 0.05) is 0 Å². The number of hydroxylamine groups is 1. The van der Waals surface area contributed by atoms with E-state index in [4.69, 9.17) is 14.7 Å². The molecule has 0 spiro atoms. The lowest BCUT2D eigenvalue weighted by Crippen LogP contribution is -2.37. The lowest BCUT2D eigenvalue weighted by atomic mass is 9.90. The number of hydrogen-bond donors (Lipinski definition) is 1. The zero-order valence-corrected chi connectivity index (χ0v) is 17.6. The van der Waals surface area contributed by atoms with Crippen molar-refractivity contribution in [2.45, 2.75) is 12.1 Å². The number of ether oxygens (including phenoxy) is 1. The number of carboxylic acids is 1. The first-order valence-corrected chi connectivity index (χ1v) is 10.4. The third-order valence-electron chi connectivity index (χ3n) is 5.93. The second-order valence-electron chi connectivity index (χ2n) is 7.80. The van der Waals surface area contributed by atoms with E-state index in [1.54, 1.807) is 12.2 Å². The van der Waals surface area contributed by atoms with Crippen LogP contribution in [0.3, 0.4) is 0 Å². The van der Waals surface area contributed by atoms with Gasteiger partial charge in [-0.1, -0.05) is 30.3 Å². The van der Waals surface area contributed by atoms with E-state index >= 15 is 0 Å². The Morgan fingerprint density at radius 2 is 1.64 bits per heavy atom. The Balaban J connectivity index is 1.56. The van der Waals surface area contributed by atoms with Crippen LogP contribution in [0.15, 0.2) is 78.9 Å². The minimum atomic E-state index is -1.09. The molecule has 2 fully saturated rings. The first kappa shape index (κ1) is 20.7. The van der Waals surface area contributed by atoms with Gasteiger partial charge in [-0.15, -0.1) is 0 Å². The van der Waals surface area contributed by atoms with Crippen molar-refractivity contribution in [2.75, 3.05) is 17.1 Å². The molecule has 0 radical (unpaired) electrons. The summed E-state index contributed by atoms with van der Waals surface area (Å²) in [6, 6.07) is 21.7. The lowest BCUT2D eigenvalue weighted by Gasteiger charge is -2.29. The van der Waals surface area contributed by atoms with Crippen LogP contribution in [-0.2, 0) is 14.4 Å². The molecule has 2 aliphatic rings. The number of aromatic carboxylic acids is 1. The van der Waals surface area contributed by atoms with Crippen molar-refractivity contribution in [2.24, 2.45) is 5.92 Å². The molecule has 8 heteroatoms. The minimum absolute atomic E-state index is 0.0683. The highest BCUT2D eigenvalue weighted by Gasteiger charge is 2.60. The van der Waals surface area contributed by atoms with Crippen LogP contribution in [0.2, 0.25) is 0 Å². The quantitative estimate of drug-likeness (QED) is 0.602. The number of para-hydroxylation sites is 1. The third-order valence-corrected chi connectivity index (χ3v) is 5.93. The molecule has 0 aromatic heterocycles. The van der Waals surface area contributed by atoms with Crippen molar-refractivity contribution in [1.82, 2.24) is 0 Å². The number of benzene rings is 3. The lowest BCUT2D eigenvalue weighted by molar-refractivity contribution is -0.126. The van der Waals surface area contributed by atoms with Crippen molar-refractivity contribution in [3.8, 4) is 5.75 Å². The van der Waals surface area contributed by atoms with Crippen LogP contribution in [0.4, 0.5) is 11.4 Å². The van der Waals surface area contributed by atoms with E-state index in [1.807, 2.05) is 54.6 Å². The van der Waals surface area contributed by atoms with Gasteiger partial charge in [0.05, 0.1) is 30.1 Å². The Morgan fingerprint density at radius 1 is 0.909 bits per heavy atom. The van der Waals surface area contributed by atoms with Crippen LogP contribution in [0.25, 0.3) is 0 Å². The summed E-state index contributed by atoms with van der Waals surface area (Å²) in [5.74, 6) is -2.14. The van der Waals surface area contributed by atoms with Gasteiger partial charge < -0.3 is 9.84 Å². The number of fused-ring (bicyclic) bond motifs is 1. The normalized spacial score (nSPS) is 21.9. The van der Waals surface area contributed by atoms with Crippen molar-refractivity contribution in [3.05, 3.63) is 90.0 Å². The van der Waals surface area contributed by atoms with Crippen LogP contribution < -0.4 is 14.7 Å². The number of methoxy groups -OCH3 is 1. The van der Waals surface area contributed by atoms with E-state index in [9.17, 15) is 14.4 Å². The molecular weight excluding hydrogens is 424 g/mol. The highest BCUT2D eigenvalue weighted by molar-refractivity contribution is 6.24. The van der Waals surface area contributed by atoms with Crippen LogP contribution in [0, 0.1) is 5.92 Å². The predicted octanol–water partition coefficient (Wildman–Crippen LogP) is 3.44. The number of imide groups is 1. The zero-order chi connectivity index (χ0) is 23.1. The van der Waals surface area contributed by atoms with E-state index in [-0.39, 0.29) is 5.56 Å². The highest BCUT2D eigenvalue weighted by Crippen LogP contribution is 2.47. The average Bonchev–Trinajstić information content (AvgIpc) is 3.35. The molecular formula is C25H20N2O6. The molecule has 3 atom stereocenters. The summed E-state index contributed by atoms with van der Waals surface area (Å²) < 4.78 is 5.37. The highest BCUT2D eigenvalue weighted by atomic mass is 16.7. The predicted molar refractivity (Wildman–Crippen MR) is 119 cm³/mol. The van der Waals surface area contributed by atoms with Gasteiger partial charge in [0.1, 0.15) is 11.7 Å². The molecule has 1 N–H and O–H groups in total. The van der Waals surface area contributed by atoms with Crippen LogP contribution in [-0.4, -0.2) is 36.1 Å². The molecule has 0 aliphatic carbocycles. The molecule has 2 aliphatic heterocycles. The van der Waals surface area contributed by atoms with Crippen molar-refractivity contribution < 1.29 is 29.1 Å². The Morgan fingerprint density at radius 3 is 2.30 bits per heavy atom. The number of rotatable bonds is 5. The van der Waals surface area contributed by atoms with Crippen LogP contribution in [0.5, 0.6) is 5.75 Å². The molecule has 2 saturated heterocycles. The first-order valence-electron chi connectivity index (χ1n) is 10.4. The Hall–Kier alpha value is -4.17. The number of carbonyl (C=O) groups is 3. The fourth-order valence-corrected chi connectivity index (χ4v) is 4.39. The van der Waals surface area contributed by atoms with E-state index in [2.05, 4.69) is 0 Å². The molecule has 0 bridgehead atoms. The third kappa shape index (κ3) is 3.41. The van der Waals surface area contributed by atoms with Gasteiger partial charge in [-0.2, -0.15) is 0 Å². The molecule has 33 heavy (non-hydrogen) atoms. The summed E-state index contributed by atoms with van der Waals surface area (Å²) in [7, 11) is 1.56. The summed E-state index contributed by atoms with van der Waals surface area (Å²) in [6.07, 6.45) is -1.01. The van der Waals surface area contributed by atoms with E-state index in [1.165, 1.54) is 24.3 Å². The Labute approximate surface area is 189 Å². The minimum Gasteiger partial charge on any atom is -0.497 e. The largest absolute Gasteiger partial charge is 0.497 e. The number of carbonyl (C=O) groups excluding carboxylic acids is 2. The topological polar surface area (TPSA) is 96.4 Å². The number of hydrogen-bond acceptors (Lipinski definition) is 6. The SMILES string of the molecule is COc1cccc([C@H]2[C@H]3C(=O)N(c4ccc(C(=O)O)cc4)C(=O)[C@H]3ON2c2ccccc2)c1. The standard InChI is InChI=1S/C25H20N2O6/c1-32-19-9-5-6-16(14-19)21-20-22(33-27(21)18-7-3-2-4-8-18)24(29)26(23(20)28)17-12-10-15(11-13-17)25(30)31/h2-14,20-22H,1H3,(H,30,31)/t20-,21+,22+/m1/s1. The van der Waals surface area contributed by atoms with Crippen molar-refractivity contribution in [1.29, 1.82) is 0 Å². The van der Waals surface area contributed by atoms with Crippen molar-refractivity contribution >= 4 is 29.2 Å². The van der Waals surface area contributed by atoms with Gasteiger partial charge >= 0.3 is 5.97 Å². The second-order valence-corrected chi connectivity index (χ2v) is 7.80. The van der Waals surface area contributed by atoms with Crippen LogP contribution in [0.1, 0.15) is 22.0 Å². The number of amides is 2. The van der Waals surface area contributed by atoms with Gasteiger partial charge in [0.25, 0.3) is 5.91 Å². The summed E-state index contributed by atoms with van der Waals surface area (Å²) >= 11 is 0. The van der Waals surface area contributed by atoms with Gasteiger partial charge in [-0.25, -0.2) is 14.8 Å². The molecule has 0 saturated carbocycles. The van der Waals surface area contributed by atoms with E-state index in [0.717, 1.165) is 16.2 Å². The van der Waals surface area contributed by atoms with Crippen LogP contribution >= 0.6 is 0 Å². The smallest absolute Gasteiger partial charge is 0.335 e. The fraction of sp³-hybridized carbons (Fsp3) is 0.160. The number of nitrogens with zero attached hydrogens (tertiary/aromatic N) is 2. The summed E-state index contributed by atoms with van der Waals surface area (Å²) in [5.41, 5.74) is 1.87. The molecule has 3 aromatic carbocycles. The fourth-order valence-electron chi connectivity index (χ4n) is 4.39. The van der Waals surface area contributed by atoms with Gasteiger partial charge in [-0.05, 0) is 54.1 Å². The summed E-state index contributed by atoms with van der Waals surface area (Å²) in [6.45, 7) is 0. The number of anilines is 2. The van der Waals surface area contributed by atoms with E-state index < -0.39 is 35.8 Å². The van der Waals surface area contributed by atoms with E-state index in [0.29, 0.717) is 11.4 Å². The zero-order valence-electron chi connectivity index (χ0n) is 17.6. The molecule has 8 nitrogen and oxygen atoms in total. The molecule has 3 aromatic rings. The van der Waals surface area contributed by atoms with Gasteiger partial charge in [0.2, 0.25) is 5.91 Å². The molecule has 166 valence electrons. The maximum absolute atomic E-state index is 13.6. The maximum Gasteiger partial charge on any atom is 0.335 e. The maximum atomic E-state index is 13.6. The Kier molecular flexibility index (Phi) is 5.07. The van der Waals surface area contributed by atoms with Crippen molar-refractivity contribution in [3.63, 3.8) is 0 Å². The summed E-state index contributed by atoms with van der Waals surface area (Å²) in [4.78, 5) is 45.2. The first-order chi connectivity index (χ1) is 16.0. The molecule has 2 amide bonds. The molecule has 5 rings (SSSR count). The monoisotopic (exact) mass is 444 g/mol. The molecule has 2 heterocycles. The molecule has 0 unspecified atom stereocenters. The van der Waals surface area contributed by atoms with Gasteiger partial charge in [-0.3, -0.25) is 14.4 Å². The average molecular weight is 444 g/mol. The Bertz CT molecular complexity index is 1230. The number of carboxylic acid groups (broad SMARTS) is 1. The van der Waals surface area contributed by atoms with Gasteiger partial charge in [0.15, 0.2) is 6.10 Å². The summed E-state index contributed by atoms with van der Waals surface area (Å²) in [5, 5.41) is 10.7.